The Morgan fingerprint density at radius 2 is 1.35 bits per heavy atom. The second-order valence-corrected chi connectivity index (χ2v) is 7.75. The van der Waals surface area contributed by atoms with E-state index in [-0.39, 0.29) is 17.0 Å². The number of nitrogens with zero attached hydrogens (tertiary/aromatic N) is 2. The number of benzene rings is 5. The Labute approximate surface area is 197 Å². The van der Waals surface area contributed by atoms with E-state index < -0.39 is 5.91 Å². The molecule has 0 fully saturated rings. The van der Waals surface area contributed by atoms with Crippen LogP contribution in [0, 0.1) is 0 Å². The minimum Gasteiger partial charge on any atom is -0.505 e. The second-order valence-electron chi connectivity index (χ2n) is 7.75. The number of rotatable bonds is 5. The number of fused-ring (bicyclic) bond motifs is 1. The highest BCUT2D eigenvalue weighted by molar-refractivity contribution is 6.11. The predicted octanol–water partition coefficient (Wildman–Crippen LogP) is 7.88. The molecule has 5 heteroatoms. The molecule has 34 heavy (non-hydrogen) atoms. The molecule has 5 aromatic carbocycles. The molecule has 0 aliphatic carbocycles. The van der Waals surface area contributed by atoms with Gasteiger partial charge in [-0.15, -0.1) is 10.2 Å². The van der Waals surface area contributed by atoms with Crippen LogP contribution in [0.5, 0.6) is 5.75 Å². The van der Waals surface area contributed by atoms with Crippen LogP contribution >= 0.6 is 0 Å². The molecular weight excluding hydrogens is 422 g/mol. The molecule has 1 amide bonds. The van der Waals surface area contributed by atoms with E-state index in [0.29, 0.717) is 16.8 Å². The lowest BCUT2D eigenvalue weighted by Crippen LogP contribution is -2.12. The number of hydrogen-bond acceptors (Lipinski definition) is 4. The highest BCUT2D eigenvalue weighted by Crippen LogP contribution is 2.40. The Bertz CT molecular complexity index is 1500. The van der Waals surface area contributed by atoms with E-state index >= 15 is 0 Å². The van der Waals surface area contributed by atoms with Gasteiger partial charge in [0.15, 0.2) is 5.75 Å². The molecule has 5 nitrogen and oxygen atoms in total. The Balaban J connectivity index is 1.59. The first-order valence-electron chi connectivity index (χ1n) is 10.9. The van der Waals surface area contributed by atoms with Gasteiger partial charge in [0, 0.05) is 16.6 Å². The van der Waals surface area contributed by atoms with E-state index in [0.717, 1.165) is 16.5 Å². The maximum Gasteiger partial charge on any atom is 0.259 e. The zero-order valence-corrected chi connectivity index (χ0v) is 18.2. The Kier molecular flexibility index (Phi) is 5.82. The smallest absolute Gasteiger partial charge is 0.259 e. The number of hydrogen-bond donors (Lipinski definition) is 2. The third-order valence-electron chi connectivity index (χ3n) is 5.52. The van der Waals surface area contributed by atoms with Crippen molar-refractivity contribution in [2.75, 3.05) is 5.32 Å². The van der Waals surface area contributed by atoms with E-state index in [4.69, 9.17) is 0 Å². The normalized spacial score (nSPS) is 11.1. The number of amides is 1. The van der Waals surface area contributed by atoms with Crippen molar-refractivity contribution in [1.82, 2.24) is 0 Å². The quantitative estimate of drug-likeness (QED) is 0.271. The second kappa shape index (κ2) is 9.38. The van der Waals surface area contributed by atoms with E-state index in [1.165, 1.54) is 0 Å². The van der Waals surface area contributed by atoms with Crippen LogP contribution in [0.25, 0.3) is 21.9 Å². The van der Waals surface area contributed by atoms with Crippen LogP contribution in [-0.4, -0.2) is 11.0 Å². The molecule has 0 saturated carbocycles. The number of nitrogens with one attached hydrogen (secondary N) is 1. The summed E-state index contributed by atoms with van der Waals surface area (Å²) in [6.07, 6.45) is 0. The van der Waals surface area contributed by atoms with Gasteiger partial charge in [0.2, 0.25) is 0 Å². The van der Waals surface area contributed by atoms with Gasteiger partial charge in [0.25, 0.3) is 5.91 Å². The van der Waals surface area contributed by atoms with Crippen LogP contribution in [0.4, 0.5) is 17.1 Å². The average Bonchev–Trinajstić information content (AvgIpc) is 2.89. The number of azo groups is 1. The monoisotopic (exact) mass is 443 g/mol. The number of phenols is 1. The summed E-state index contributed by atoms with van der Waals surface area (Å²) in [5.41, 5.74) is 3.62. The van der Waals surface area contributed by atoms with Gasteiger partial charge in [0.1, 0.15) is 5.69 Å². The van der Waals surface area contributed by atoms with Crippen molar-refractivity contribution >= 4 is 33.7 Å². The van der Waals surface area contributed by atoms with Crippen LogP contribution in [0.1, 0.15) is 10.4 Å². The first kappa shape index (κ1) is 21.1. The summed E-state index contributed by atoms with van der Waals surface area (Å²) >= 11 is 0. The minimum absolute atomic E-state index is 0.132. The fourth-order valence-corrected chi connectivity index (χ4v) is 3.84. The zero-order chi connectivity index (χ0) is 23.3. The van der Waals surface area contributed by atoms with E-state index in [1.54, 1.807) is 18.2 Å². The summed E-state index contributed by atoms with van der Waals surface area (Å²) in [6, 6.07) is 35.9. The van der Waals surface area contributed by atoms with Crippen molar-refractivity contribution < 1.29 is 9.90 Å². The van der Waals surface area contributed by atoms with Gasteiger partial charge in [-0.1, -0.05) is 91.0 Å². The lowest BCUT2D eigenvalue weighted by Gasteiger charge is -2.11. The summed E-state index contributed by atoms with van der Waals surface area (Å²) in [5, 5.41) is 24.3. The summed E-state index contributed by atoms with van der Waals surface area (Å²) in [5.74, 6) is -0.635. The van der Waals surface area contributed by atoms with E-state index in [1.807, 2.05) is 97.1 Å². The fraction of sp³-hybridized carbons (Fsp3) is 0. The van der Waals surface area contributed by atoms with Crippen molar-refractivity contribution in [3.8, 4) is 16.9 Å². The third-order valence-corrected chi connectivity index (χ3v) is 5.52. The van der Waals surface area contributed by atoms with E-state index in [9.17, 15) is 9.90 Å². The maximum atomic E-state index is 13.0. The lowest BCUT2D eigenvalue weighted by atomic mass is 10.0. The minimum atomic E-state index is -0.421. The molecule has 0 bridgehead atoms. The molecule has 0 aromatic heterocycles. The standard InChI is InChI=1S/C29H21N3O2/c33-28-25(29(34)30-22-14-5-2-6-15-22)19-21-13-7-8-17-24(21)27(28)32-31-26-18-10-9-16-23(26)20-11-3-1-4-12-20/h1-19,33H,(H,30,34)/b32-31+. The van der Waals surface area contributed by atoms with Crippen molar-refractivity contribution in [3.63, 3.8) is 0 Å². The van der Waals surface area contributed by atoms with Gasteiger partial charge in [-0.25, -0.2) is 0 Å². The molecular formula is C29H21N3O2. The molecule has 0 spiro atoms. The molecule has 0 saturated heterocycles. The number of anilines is 1. The average molecular weight is 444 g/mol. The molecule has 0 radical (unpaired) electrons. The molecule has 5 rings (SSSR count). The molecule has 2 N–H and O–H groups in total. The van der Waals surface area contributed by atoms with Crippen molar-refractivity contribution in [2.24, 2.45) is 10.2 Å². The number of para-hydroxylation sites is 1. The van der Waals surface area contributed by atoms with Gasteiger partial charge in [0.05, 0.1) is 11.3 Å². The Morgan fingerprint density at radius 1 is 0.706 bits per heavy atom. The number of aromatic hydroxyl groups is 1. The number of phenolic OH excluding ortho intramolecular Hbond substituents is 1. The van der Waals surface area contributed by atoms with Crippen LogP contribution < -0.4 is 5.32 Å². The summed E-state index contributed by atoms with van der Waals surface area (Å²) in [7, 11) is 0. The van der Waals surface area contributed by atoms with Gasteiger partial charge < -0.3 is 10.4 Å². The fourth-order valence-electron chi connectivity index (χ4n) is 3.84. The molecule has 164 valence electrons. The van der Waals surface area contributed by atoms with Crippen molar-refractivity contribution in [3.05, 3.63) is 121 Å². The highest BCUT2D eigenvalue weighted by Gasteiger charge is 2.18. The van der Waals surface area contributed by atoms with E-state index in [2.05, 4.69) is 15.5 Å². The van der Waals surface area contributed by atoms with Crippen LogP contribution in [0.2, 0.25) is 0 Å². The first-order chi connectivity index (χ1) is 16.7. The Morgan fingerprint density at radius 3 is 2.15 bits per heavy atom. The molecule has 0 aliphatic rings. The van der Waals surface area contributed by atoms with Crippen LogP contribution in [-0.2, 0) is 0 Å². The molecule has 0 aliphatic heterocycles. The molecule has 0 heterocycles. The maximum absolute atomic E-state index is 13.0. The Hall–Kier alpha value is -4.77. The highest BCUT2D eigenvalue weighted by atomic mass is 16.3. The third kappa shape index (κ3) is 4.27. The van der Waals surface area contributed by atoms with Crippen molar-refractivity contribution in [2.45, 2.75) is 0 Å². The lowest BCUT2D eigenvalue weighted by molar-refractivity contribution is 0.102. The zero-order valence-electron chi connectivity index (χ0n) is 18.2. The molecule has 5 aromatic rings. The topological polar surface area (TPSA) is 74.0 Å². The van der Waals surface area contributed by atoms with Crippen LogP contribution in [0.15, 0.2) is 125 Å². The summed E-state index contributed by atoms with van der Waals surface area (Å²) < 4.78 is 0. The van der Waals surface area contributed by atoms with Gasteiger partial charge >= 0.3 is 0 Å². The largest absolute Gasteiger partial charge is 0.505 e. The number of carbonyl (C=O) groups excluding carboxylic acids is 1. The SMILES string of the molecule is O=C(Nc1ccccc1)c1cc2ccccc2c(/N=N/c2ccccc2-c2ccccc2)c1O. The van der Waals surface area contributed by atoms with Gasteiger partial charge in [-0.05, 0) is 35.2 Å². The molecule has 0 unspecified atom stereocenters. The summed E-state index contributed by atoms with van der Waals surface area (Å²) in [4.78, 5) is 13.0. The van der Waals surface area contributed by atoms with Gasteiger partial charge in [-0.2, -0.15) is 0 Å². The van der Waals surface area contributed by atoms with Crippen molar-refractivity contribution in [1.29, 1.82) is 0 Å². The summed E-state index contributed by atoms with van der Waals surface area (Å²) in [6.45, 7) is 0. The first-order valence-corrected chi connectivity index (χ1v) is 10.9. The van der Waals surface area contributed by atoms with Gasteiger partial charge in [-0.3, -0.25) is 4.79 Å². The predicted molar refractivity (Wildman–Crippen MR) is 136 cm³/mol. The molecule has 0 atom stereocenters. The number of carbonyl (C=O) groups is 1. The van der Waals surface area contributed by atoms with Crippen LogP contribution in [0.3, 0.4) is 0 Å².